The van der Waals surface area contributed by atoms with Gasteiger partial charge in [0.15, 0.2) is 0 Å². The number of aliphatic carboxylic acids is 1. The second kappa shape index (κ2) is 7.13. The van der Waals surface area contributed by atoms with Gasteiger partial charge in [-0.05, 0) is 6.42 Å². The molecule has 0 aromatic carbocycles. The van der Waals surface area contributed by atoms with Crippen molar-refractivity contribution in [1.29, 1.82) is 0 Å². The van der Waals surface area contributed by atoms with Crippen LogP contribution in [0.4, 0.5) is 0 Å². The number of carboxylic acids is 1. The second-order valence-electron chi connectivity index (χ2n) is 1.50. The van der Waals surface area contributed by atoms with Gasteiger partial charge in [0.25, 0.3) is 0 Å². The van der Waals surface area contributed by atoms with Crippen molar-refractivity contribution < 1.29 is 30.3 Å². The molecule has 0 atom stereocenters. The van der Waals surface area contributed by atoms with Crippen LogP contribution < -0.4 is 0 Å². The molecule has 0 aliphatic heterocycles. The van der Waals surface area contributed by atoms with Gasteiger partial charge in [-0.3, -0.25) is 4.79 Å². The van der Waals surface area contributed by atoms with Crippen LogP contribution in [0.3, 0.4) is 0 Å². The summed E-state index contributed by atoms with van der Waals surface area (Å²) in [4.78, 5) is 9.76. The topological polar surface area (TPSA) is 37.3 Å². The summed E-state index contributed by atoms with van der Waals surface area (Å²) in [5.74, 6) is -0.693. The minimum absolute atomic E-state index is 0. The Labute approximate surface area is 62.9 Å². The fourth-order valence-electron chi connectivity index (χ4n) is 0.328. The van der Waals surface area contributed by atoms with Crippen molar-refractivity contribution in [2.75, 3.05) is 0 Å². The fraction of sp³-hybridized carbons (Fsp3) is 0.800. The molecular weight excluding hydrogens is 198 g/mol. The number of hydrogen-bond acceptors (Lipinski definition) is 1. The Morgan fingerprint density at radius 3 is 2.25 bits per heavy atom. The van der Waals surface area contributed by atoms with Gasteiger partial charge in [-0.25, -0.2) is 0 Å². The SMILES string of the molecule is CCCCC(=O)O.[Pd]. The normalized spacial score (nSPS) is 7.62. The van der Waals surface area contributed by atoms with Crippen molar-refractivity contribution >= 4 is 5.97 Å². The average molecular weight is 209 g/mol. The van der Waals surface area contributed by atoms with Gasteiger partial charge in [-0.2, -0.15) is 0 Å². The maximum absolute atomic E-state index is 9.76. The summed E-state index contributed by atoms with van der Waals surface area (Å²) in [7, 11) is 0. The summed E-state index contributed by atoms with van der Waals surface area (Å²) >= 11 is 0. The summed E-state index contributed by atoms with van der Waals surface area (Å²) in [5.41, 5.74) is 0. The van der Waals surface area contributed by atoms with Crippen molar-refractivity contribution in [2.45, 2.75) is 26.2 Å². The van der Waals surface area contributed by atoms with Gasteiger partial charge < -0.3 is 5.11 Å². The molecule has 3 heteroatoms. The third kappa shape index (κ3) is 9.46. The average Bonchev–Trinajstić information content (AvgIpc) is 1.61. The molecule has 0 saturated carbocycles. The number of carboxylic acid groups (broad SMARTS) is 1. The van der Waals surface area contributed by atoms with E-state index in [1.807, 2.05) is 6.92 Å². The van der Waals surface area contributed by atoms with Crippen molar-refractivity contribution in [3.63, 3.8) is 0 Å². The first-order chi connectivity index (χ1) is 3.27. The quantitative estimate of drug-likeness (QED) is 0.709. The summed E-state index contributed by atoms with van der Waals surface area (Å²) in [5, 5.41) is 8.04. The first kappa shape index (κ1) is 11.0. The Bertz CT molecular complexity index is 63.4. The van der Waals surface area contributed by atoms with Gasteiger partial charge in [0.2, 0.25) is 0 Å². The first-order valence-electron chi connectivity index (χ1n) is 2.49. The second-order valence-corrected chi connectivity index (χ2v) is 1.50. The van der Waals surface area contributed by atoms with E-state index in [0.717, 1.165) is 12.8 Å². The van der Waals surface area contributed by atoms with Crippen LogP contribution in [0.2, 0.25) is 0 Å². The molecule has 0 aromatic rings. The molecular formula is C5H10O2Pd. The van der Waals surface area contributed by atoms with Gasteiger partial charge in [-0.15, -0.1) is 0 Å². The van der Waals surface area contributed by atoms with Crippen LogP contribution in [-0.4, -0.2) is 11.1 Å². The molecule has 0 heterocycles. The van der Waals surface area contributed by atoms with E-state index in [1.165, 1.54) is 0 Å². The predicted octanol–water partition coefficient (Wildman–Crippen LogP) is 1.26. The molecule has 0 rings (SSSR count). The molecule has 0 aromatic heterocycles. The van der Waals surface area contributed by atoms with Crippen LogP contribution in [0, 0.1) is 0 Å². The molecule has 0 radical (unpaired) electrons. The van der Waals surface area contributed by atoms with Gasteiger partial charge in [0.1, 0.15) is 0 Å². The van der Waals surface area contributed by atoms with E-state index in [4.69, 9.17) is 5.11 Å². The van der Waals surface area contributed by atoms with Crippen LogP contribution in [0.25, 0.3) is 0 Å². The van der Waals surface area contributed by atoms with Crippen LogP contribution in [-0.2, 0) is 25.2 Å². The van der Waals surface area contributed by atoms with Crippen LogP contribution >= 0.6 is 0 Å². The Hall–Kier alpha value is 0.132. The van der Waals surface area contributed by atoms with E-state index in [9.17, 15) is 4.79 Å². The Morgan fingerprint density at radius 2 is 2.12 bits per heavy atom. The van der Waals surface area contributed by atoms with Crippen molar-refractivity contribution in [1.82, 2.24) is 0 Å². The predicted molar refractivity (Wildman–Crippen MR) is 27.2 cm³/mol. The molecule has 0 unspecified atom stereocenters. The van der Waals surface area contributed by atoms with Crippen LogP contribution in [0.1, 0.15) is 26.2 Å². The summed E-state index contributed by atoms with van der Waals surface area (Å²) in [6.07, 6.45) is 2.08. The molecule has 8 heavy (non-hydrogen) atoms. The van der Waals surface area contributed by atoms with Gasteiger partial charge in [0, 0.05) is 26.8 Å². The van der Waals surface area contributed by atoms with E-state index in [2.05, 4.69) is 0 Å². The van der Waals surface area contributed by atoms with Gasteiger partial charge in [-0.1, -0.05) is 13.3 Å². The number of rotatable bonds is 3. The van der Waals surface area contributed by atoms with Crippen LogP contribution in [0.15, 0.2) is 0 Å². The third-order valence-electron chi connectivity index (χ3n) is 0.744. The molecule has 0 spiro atoms. The molecule has 0 aliphatic carbocycles. The molecule has 0 bridgehead atoms. The van der Waals surface area contributed by atoms with E-state index in [1.54, 1.807) is 0 Å². The summed E-state index contributed by atoms with van der Waals surface area (Å²) in [6, 6.07) is 0. The van der Waals surface area contributed by atoms with Gasteiger partial charge in [0.05, 0.1) is 0 Å². The maximum atomic E-state index is 9.76. The van der Waals surface area contributed by atoms with Crippen molar-refractivity contribution in [3.8, 4) is 0 Å². The molecule has 0 saturated heterocycles. The molecule has 0 fully saturated rings. The molecule has 1 N–H and O–H groups in total. The van der Waals surface area contributed by atoms with E-state index in [-0.39, 0.29) is 20.4 Å². The molecule has 52 valence electrons. The zero-order valence-electron chi connectivity index (χ0n) is 4.79. The zero-order chi connectivity index (χ0) is 5.70. The standard InChI is InChI=1S/C5H10O2.Pd/c1-2-3-4-5(6)7;/h2-4H2,1H3,(H,6,7);. The summed E-state index contributed by atoms with van der Waals surface area (Å²) < 4.78 is 0. The van der Waals surface area contributed by atoms with E-state index >= 15 is 0 Å². The maximum Gasteiger partial charge on any atom is 0.303 e. The third-order valence-corrected chi connectivity index (χ3v) is 0.744. The molecule has 0 amide bonds. The monoisotopic (exact) mass is 208 g/mol. The zero-order valence-corrected chi connectivity index (χ0v) is 6.35. The fourth-order valence-corrected chi connectivity index (χ4v) is 0.328. The largest absolute Gasteiger partial charge is 0.481 e. The number of unbranched alkanes of at least 4 members (excludes halogenated alkanes) is 1. The molecule has 0 aliphatic rings. The Kier molecular flexibility index (Phi) is 9.81. The Morgan fingerprint density at radius 1 is 1.62 bits per heavy atom. The van der Waals surface area contributed by atoms with Crippen LogP contribution in [0.5, 0.6) is 0 Å². The number of carbonyl (C=O) groups is 1. The smallest absolute Gasteiger partial charge is 0.303 e. The van der Waals surface area contributed by atoms with Gasteiger partial charge >= 0.3 is 5.97 Å². The van der Waals surface area contributed by atoms with Crippen molar-refractivity contribution in [2.24, 2.45) is 0 Å². The Balaban J connectivity index is 0. The minimum atomic E-state index is -0.693. The van der Waals surface area contributed by atoms with E-state index in [0.29, 0.717) is 6.42 Å². The van der Waals surface area contributed by atoms with E-state index < -0.39 is 5.97 Å². The molecule has 2 nitrogen and oxygen atoms in total. The minimum Gasteiger partial charge on any atom is -0.481 e. The number of hydrogen-bond donors (Lipinski definition) is 1. The summed E-state index contributed by atoms with van der Waals surface area (Å²) in [6.45, 7) is 1.98. The first-order valence-corrected chi connectivity index (χ1v) is 2.49. The van der Waals surface area contributed by atoms with Crippen molar-refractivity contribution in [3.05, 3.63) is 0 Å².